The number of nitro benzene ring substituents is 1. The average Bonchev–Trinajstić information content (AvgIpc) is 3.27. The van der Waals surface area contributed by atoms with Crippen LogP contribution < -0.4 is 36.1 Å². The highest BCUT2D eigenvalue weighted by Crippen LogP contribution is 2.40. The van der Waals surface area contributed by atoms with Crippen molar-refractivity contribution < 1.29 is 58.1 Å². The molecule has 19 nitrogen and oxygen atoms in total. The van der Waals surface area contributed by atoms with Crippen molar-refractivity contribution in [1.82, 2.24) is 5.32 Å². The van der Waals surface area contributed by atoms with Crippen molar-refractivity contribution in [2.45, 2.75) is 52.0 Å². The Morgan fingerprint density at radius 1 is 0.646 bits per heavy atom. The number of aromatic hydroxyl groups is 1. The average molecular weight is 911 g/mol. The van der Waals surface area contributed by atoms with Gasteiger partial charge in [0.15, 0.2) is 23.6 Å². The third-order valence-corrected chi connectivity index (χ3v) is 9.25. The predicted octanol–water partition coefficient (Wildman–Crippen LogP) is 6.56. The molecule has 5 rings (SSSR count). The molecule has 7 N–H and O–H groups in total. The Hall–Kier alpha value is -8.03. The van der Waals surface area contributed by atoms with E-state index < -0.39 is 64.4 Å². The largest absolute Gasteiger partial charge is 0.504 e. The van der Waals surface area contributed by atoms with Gasteiger partial charge in [-0.05, 0) is 113 Å². The Balaban J connectivity index is 1.22. The van der Waals surface area contributed by atoms with Crippen LogP contribution in [0.1, 0.15) is 69.1 Å². The molecule has 0 bridgehead atoms. The van der Waals surface area contributed by atoms with E-state index in [0.717, 1.165) is 7.11 Å². The smallest absolute Gasteiger partial charge is 0.331 e. The first-order valence-corrected chi connectivity index (χ1v) is 20.0. The van der Waals surface area contributed by atoms with Crippen LogP contribution in [0.3, 0.4) is 0 Å². The third kappa shape index (κ3) is 12.6. The van der Waals surface area contributed by atoms with E-state index in [9.17, 15) is 49.1 Å². The van der Waals surface area contributed by atoms with Gasteiger partial charge >= 0.3 is 5.97 Å². The molecular weight excluding hydrogens is 868 g/mol. The van der Waals surface area contributed by atoms with Crippen LogP contribution in [0.15, 0.2) is 103 Å². The highest BCUT2D eigenvalue weighted by Gasteiger charge is 2.35. The minimum Gasteiger partial charge on any atom is -0.504 e. The molecule has 0 aliphatic heterocycles. The van der Waals surface area contributed by atoms with Gasteiger partial charge in [0.05, 0.1) is 41.2 Å². The number of aliphatic hydroxyl groups excluding tert-OH is 1. The van der Waals surface area contributed by atoms with E-state index >= 15 is 0 Å². The van der Waals surface area contributed by atoms with Crippen LogP contribution >= 0.6 is 11.6 Å². The number of aliphatic hydroxyl groups is 1. The fourth-order valence-corrected chi connectivity index (χ4v) is 6.04. The van der Waals surface area contributed by atoms with Crippen LogP contribution in [0.4, 0.5) is 28.4 Å². The van der Waals surface area contributed by atoms with Gasteiger partial charge in [-0.3, -0.25) is 34.1 Å². The molecular formula is C45H43ClN6O13. The number of halogens is 1. The fraction of sp³-hybridized carbons (Fsp3) is 0.200. The maximum absolute atomic E-state index is 13.4. The summed E-state index contributed by atoms with van der Waals surface area (Å²) in [5, 5.41) is 46.0. The van der Waals surface area contributed by atoms with Crippen LogP contribution in [0, 0.1) is 10.1 Å². The molecule has 2 atom stereocenters. The highest BCUT2D eigenvalue weighted by atomic mass is 35.5. The van der Waals surface area contributed by atoms with Gasteiger partial charge in [-0.15, -0.1) is 0 Å². The minimum atomic E-state index is -2.16. The molecule has 0 radical (unpaired) electrons. The van der Waals surface area contributed by atoms with Crippen molar-refractivity contribution in [2.24, 2.45) is 0 Å². The summed E-state index contributed by atoms with van der Waals surface area (Å²) in [6.45, 7) is 6.98. The topological polar surface area (TPSA) is 274 Å². The first kappa shape index (κ1) is 48.0. The molecule has 0 fully saturated rings. The van der Waals surface area contributed by atoms with Crippen LogP contribution in [0.2, 0.25) is 5.02 Å². The number of hydrogen-bond acceptors (Lipinski definition) is 13. The third-order valence-electron chi connectivity index (χ3n) is 9.02. The number of ether oxygens (including phenoxy) is 3. The Bertz CT molecular complexity index is 2600. The molecule has 65 heavy (non-hydrogen) atoms. The van der Waals surface area contributed by atoms with Gasteiger partial charge in [0, 0.05) is 51.3 Å². The standard InChI is InChI=1S/C45H43ClN6O13/c1-23(2)64-35-22-28(46)12-20-33(35)49-43(58)32-19-21-34(39(37(32)53)65-24(3)4)50-41(56)25-6-15-30(16-7-25)48-44(59)38(54)36(45(60)63-5)51-42(57)26-8-13-29(14-9-26)47-40(55)27-10-17-31(18-11-27)52(61)62/h6-24,36,38,53-54H,1-5H3,(H,47,55)(H,48,59)(H,49,58)(H,50,56)(H,51,57)/t36-,38-/m0/s1. The SMILES string of the molecule is COC(=O)[C@@H](NC(=O)c1ccc(NC(=O)c2ccc([N+](=O)[O-])cc2)cc1)[C@H](O)C(=O)Nc1ccc(C(=O)Nc2ccc(C(=O)Nc3ccc(Cl)cc3OC(C)C)c(O)c2OC(C)C)cc1. The summed E-state index contributed by atoms with van der Waals surface area (Å²) in [4.78, 5) is 88.5. The number of phenols is 1. The number of anilines is 4. The van der Waals surface area contributed by atoms with Crippen molar-refractivity contribution in [1.29, 1.82) is 0 Å². The number of carbonyl (C=O) groups is 6. The molecule has 0 aliphatic carbocycles. The van der Waals surface area contributed by atoms with Crippen molar-refractivity contribution in [3.63, 3.8) is 0 Å². The molecule has 5 aromatic rings. The lowest BCUT2D eigenvalue weighted by Gasteiger charge is -2.21. The number of nitrogens with one attached hydrogen (secondary N) is 5. The van der Waals surface area contributed by atoms with Crippen LogP contribution in [-0.4, -0.2) is 82.1 Å². The zero-order chi connectivity index (χ0) is 47.5. The molecule has 0 heterocycles. The monoisotopic (exact) mass is 910 g/mol. The number of benzene rings is 5. The number of esters is 1. The summed E-state index contributed by atoms with van der Waals surface area (Å²) < 4.78 is 16.3. The summed E-state index contributed by atoms with van der Waals surface area (Å²) >= 11 is 6.12. The number of methoxy groups -OCH3 is 1. The Morgan fingerprint density at radius 2 is 1.15 bits per heavy atom. The van der Waals surface area contributed by atoms with Gasteiger partial charge in [-0.25, -0.2) is 4.79 Å². The molecule has 5 aromatic carbocycles. The van der Waals surface area contributed by atoms with E-state index in [1.807, 2.05) is 0 Å². The number of nitrogens with zero attached hydrogens (tertiary/aromatic N) is 1. The van der Waals surface area contributed by atoms with E-state index in [4.69, 9.17) is 25.8 Å². The summed E-state index contributed by atoms with van der Waals surface area (Å²) in [5.41, 5.74) is 0.538. The maximum atomic E-state index is 13.4. The highest BCUT2D eigenvalue weighted by molar-refractivity contribution is 6.31. The summed E-state index contributed by atoms with van der Waals surface area (Å²) in [5.74, 6) is -5.50. The molecule has 0 saturated heterocycles. The Labute approximate surface area is 376 Å². The second-order valence-electron chi connectivity index (χ2n) is 14.5. The lowest BCUT2D eigenvalue weighted by Crippen LogP contribution is -2.53. The van der Waals surface area contributed by atoms with Gasteiger partial charge in [-0.2, -0.15) is 0 Å². The number of hydrogen-bond donors (Lipinski definition) is 7. The normalized spacial score (nSPS) is 11.7. The maximum Gasteiger partial charge on any atom is 0.331 e. The van der Waals surface area contributed by atoms with Crippen LogP contribution in [0.25, 0.3) is 0 Å². The van der Waals surface area contributed by atoms with Gasteiger partial charge in [0.2, 0.25) is 0 Å². The van der Waals surface area contributed by atoms with E-state index in [1.54, 1.807) is 45.9 Å². The zero-order valence-corrected chi connectivity index (χ0v) is 36.1. The Morgan fingerprint density at radius 3 is 1.71 bits per heavy atom. The van der Waals surface area contributed by atoms with Gasteiger partial charge in [0.25, 0.3) is 35.2 Å². The Kier molecular flexibility index (Phi) is 15.8. The molecule has 0 unspecified atom stereocenters. The van der Waals surface area contributed by atoms with Crippen molar-refractivity contribution in [3.05, 3.63) is 141 Å². The number of carbonyl (C=O) groups excluding carboxylic acids is 6. The molecule has 0 spiro atoms. The van der Waals surface area contributed by atoms with Crippen molar-refractivity contribution in [2.75, 3.05) is 28.4 Å². The second kappa shape index (κ2) is 21.4. The van der Waals surface area contributed by atoms with Crippen molar-refractivity contribution in [3.8, 4) is 17.2 Å². The number of nitro groups is 1. The second-order valence-corrected chi connectivity index (χ2v) is 15.0. The van der Waals surface area contributed by atoms with E-state index in [2.05, 4.69) is 26.6 Å². The zero-order valence-electron chi connectivity index (χ0n) is 35.3. The minimum absolute atomic E-state index is 0.0198. The van der Waals surface area contributed by atoms with Crippen LogP contribution in [-0.2, 0) is 14.3 Å². The van der Waals surface area contributed by atoms with Crippen LogP contribution in [0.5, 0.6) is 17.2 Å². The number of amides is 5. The van der Waals surface area contributed by atoms with E-state index in [-0.39, 0.29) is 56.9 Å². The molecule has 5 amide bonds. The fourth-order valence-electron chi connectivity index (χ4n) is 5.88. The van der Waals surface area contributed by atoms with Gasteiger partial charge < -0.3 is 51.0 Å². The molecule has 0 saturated carbocycles. The summed E-state index contributed by atoms with van der Waals surface area (Å²) in [6.07, 6.45) is -2.88. The summed E-state index contributed by atoms with van der Waals surface area (Å²) in [6, 6.07) is 21.1. The summed E-state index contributed by atoms with van der Waals surface area (Å²) in [7, 11) is 0.991. The molecule has 338 valence electrons. The van der Waals surface area contributed by atoms with E-state index in [0.29, 0.717) is 16.5 Å². The first-order chi connectivity index (χ1) is 30.8. The van der Waals surface area contributed by atoms with Gasteiger partial charge in [0.1, 0.15) is 5.75 Å². The molecule has 0 aliphatic rings. The lowest BCUT2D eigenvalue weighted by molar-refractivity contribution is -0.384. The molecule has 20 heteroatoms. The molecule has 0 aromatic heterocycles. The predicted molar refractivity (Wildman–Crippen MR) is 239 cm³/mol. The van der Waals surface area contributed by atoms with Crippen molar-refractivity contribution >= 4 is 75.5 Å². The number of rotatable bonds is 17. The first-order valence-electron chi connectivity index (χ1n) is 19.6. The van der Waals surface area contributed by atoms with E-state index in [1.165, 1.54) is 84.9 Å². The lowest BCUT2D eigenvalue weighted by atomic mass is 10.1. The van der Waals surface area contributed by atoms with Gasteiger partial charge in [-0.1, -0.05) is 11.6 Å². The number of phenolic OH excluding ortho intramolecular Hbond substituents is 1. The quantitative estimate of drug-likeness (QED) is 0.0296. The number of non-ortho nitro benzene ring substituents is 1.